The summed E-state index contributed by atoms with van der Waals surface area (Å²) in [5.41, 5.74) is 1.33. The quantitative estimate of drug-likeness (QED) is 0.729. The maximum Gasteiger partial charge on any atom is 0.335 e. The van der Waals surface area contributed by atoms with Crippen LogP contribution >= 0.6 is 0 Å². The van der Waals surface area contributed by atoms with E-state index in [0.29, 0.717) is 18.8 Å². The Morgan fingerprint density at radius 3 is 2.93 bits per heavy atom. The smallest absolute Gasteiger partial charge is 0.335 e. The van der Waals surface area contributed by atoms with Crippen molar-refractivity contribution in [2.75, 3.05) is 13.2 Å². The van der Waals surface area contributed by atoms with E-state index in [9.17, 15) is 4.79 Å². The second-order valence-corrected chi connectivity index (χ2v) is 2.95. The van der Waals surface area contributed by atoms with Crippen LogP contribution in [0.2, 0.25) is 0 Å². The van der Waals surface area contributed by atoms with E-state index < -0.39 is 5.97 Å². The lowest BCUT2D eigenvalue weighted by Gasteiger charge is -2.02. The molecule has 0 radical (unpaired) electrons. The molecule has 0 saturated carbocycles. The average molecular weight is 194 g/mol. The summed E-state index contributed by atoms with van der Waals surface area (Å²) >= 11 is 0. The number of ether oxygens (including phenoxy) is 1. The number of carboxylic acid groups (broad SMARTS) is 1. The summed E-state index contributed by atoms with van der Waals surface area (Å²) in [4.78, 5) is 10.7. The fourth-order valence-electron chi connectivity index (χ4n) is 1.19. The predicted octanol–water partition coefficient (Wildman–Crippen LogP) is 1.96. The van der Waals surface area contributed by atoms with Gasteiger partial charge in [0.2, 0.25) is 0 Å². The zero-order valence-corrected chi connectivity index (χ0v) is 8.19. The van der Waals surface area contributed by atoms with Gasteiger partial charge in [-0.05, 0) is 31.0 Å². The average Bonchev–Trinajstić information content (AvgIpc) is 2.19. The van der Waals surface area contributed by atoms with Gasteiger partial charge in [-0.1, -0.05) is 12.1 Å². The summed E-state index contributed by atoms with van der Waals surface area (Å²) in [6, 6.07) is 6.93. The maximum atomic E-state index is 10.7. The van der Waals surface area contributed by atoms with E-state index in [-0.39, 0.29) is 0 Å². The molecule has 0 atom stereocenters. The Hall–Kier alpha value is -1.35. The predicted molar refractivity (Wildman–Crippen MR) is 53.6 cm³/mol. The lowest BCUT2D eigenvalue weighted by Crippen LogP contribution is -2.01. The molecule has 0 heterocycles. The third-order valence-electron chi connectivity index (χ3n) is 1.91. The summed E-state index contributed by atoms with van der Waals surface area (Å²) < 4.78 is 5.19. The number of hydrogen-bond acceptors (Lipinski definition) is 2. The van der Waals surface area contributed by atoms with E-state index in [1.807, 2.05) is 13.0 Å². The van der Waals surface area contributed by atoms with E-state index in [2.05, 4.69) is 0 Å². The van der Waals surface area contributed by atoms with Gasteiger partial charge in [0.25, 0.3) is 0 Å². The summed E-state index contributed by atoms with van der Waals surface area (Å²) in [6.07, 6.45) is 0.759. The van der Waals surface area contributed by atoms with Crippen LogP contribution in [0.5, 0.6) is 0 Å². The fourth-order valence-corrected chi connectivity index (χ4v) is 1.19. The largest absolute Gasteiger partial charge is 0.478 e. The molecule has 14 heavy (non-hydrogen) atoms. The van der Waals surface area contributed by atoms with Gasteiger partial charge in [-0.25, -0.2) is 4.79 Å². The van der Waals surface area contributed by atoms with Gasteiger partial charge in [0.05, 0.1) is 12.2 Å². The molecule has 0 spiro atoms. The van der Waals surface area contributed by atoms with Crippen molar-refractivity contribution in [3.63, 3.8) is 0 Å². The van der Waals surface area contributed by atoms with Crippen LogP contribution in [0.1, 0.15) is 22.8 Å². The van der Waals surface area contributed by atoms with E-state index >= 15 is 0 Å². The van der Waals surface area contributed by atoms with Gasteiger partial charge >= 0.3 is 5.97 Å². The van der Waals surface area contributed by atoms with Crippen molar-refractivity contribution < 1.29 is 14.6 Å². The highest BCUT2D eigenvalue weighted by Crippen LogP contribution is 2.06. The fraction of sp³-hybridized carbons (Fsp3) is 0.364. The summed E-state index contributed by atoms with van der Waals surface area (Å²) in [7, 11) is 0. The van der Waals surface area contributed by atoms with Gasteiger partial charge in [-0.3, -0.25) is 0 Å². The zero-order chi connectivity index (χ0) is 10.4. The maximum absolute atomic E-state index is 10.7. The minimum absolute atomic E-state index is 0.332. The van der Waals surface area contributed by atoms with E-state index in [1.165, 1.54) is 0 Å². The molecule has 0 saturated heterocycles. The molecule has 0 aliphatic rings. The Morgan fingerprint density at radius 1 is 1.50 bits per heavy atom. The van der Waals surface area contributed by atoms with E-state index in [0.717, 1.165) is 12.0 Å². The highest BCUT2D eigenvalue weighted by atomic mass is 16.5. The van der Waals surface area contributed by atoms with E-state index in [1.54, 1.807) is 18.2 Å². The molecule has 1 aromatic rings. The van der Waals surface area contributed by atoms with Crippen molar-refractivity contribution in [2.45, 2.75) is 13.3 Å². The molecule has 1 rings (SSSR count). The molecule has 0 aromatic heterocycles. The van der Waals surface area contributed by atoms with Crippen LogP contribution < -0.4 is 0 Å². The van der Waals surface area contributed by atoms with Crippen molar-refractivity contribution in [2.24, 2.45) is 0 Å². The van der Waals surface area contributed by atoms with Crippen molar-refractivity contribution in [3.8, 4) is 0 Å². The SMILES string of the molecule is CCOCCc1cccc(C(=O)O)c1. The van der Waals surface area contributed by atoms with Crippen LogP contribution in [-0.2, 0) is 11.2 Å². The topological polar surface area (TPSA) is 46.5 Å². The van der Waals surface area contributed by atoms with Gasteiger partial charge in [-0.2, -0.15) is 0 Å². The van der Waals surface area contributed by atoms with E-state index in [4.69, 9.17) is 9.84 Å². The van der Waals surface area contributed by atoms with Gasteiger partial charge < -0.3 is 9.84 Å². The molecule has 1 N–H and O–H groups in total. The Bertz CT molecular complexity index is 307. The first-order chi connectivity index (χ1) is 6.74. The number of hydrogen-bond donors (Lipinski definition) is 1. The minimum atomic E-state index is -0.886. The van der Waals surface area contributed by atoms with Crippen molar-refractivity contribution >= 4 is 5.97 Å². The number of aromatic carboxylic acids is 1. The molecule has 3 heteroatoms. The Kier molecular flexibility index (Phi) is 4.13. The molecular weight excluding hydrogens is 180 g/mol. The van der Waals surface area contributed by atoms with Crippen LogP contribution in [-0.4, -0.2) is 24.3 Å². The molecule has 0 bridgehead atoms. The molecule has 0 aliphatic heterocycles. The lowest BCUT2D eigenvalue weighted by molar-refractivity contribution is 0.0696. The zero-order valence-electron chi connectivity index (χ0n) is 8.19. The summed E-state index contributed by atoms with van der Waals surface area (Å²) in [6.45, 7) is 3.27. The standard InChI is InChI=1S/C11H14O3/c1-2-14-7-6-9-4-3-5-10(8-9)11(12)13/h3-5,8H,2,6-7H2,1H3,(H,12,13). The third-order valence-corrected chi connectivity index (χ3v) is 1.91. The van der Waals surface area contributed by atoms with Crippen LogP contribution in [0.25, 0.3) is 0 Å². The van der Waals surface area contributed by atoms with Gasteiger partial charge in [0, 0.05) is 6.61 Å². The first-order valence-corrected chi connectivity index (χ1v) is 4.64. The molecule has 0 aliphatic carbocycles. The second-order valence-electron chi connectivity index (χ2n) is 2.95. The monoisotopic (exact) mass is 194 g/mol. The van der Waals surface area contributed by atoms with Crippen LogP contribution in [0.15, 0.2) is 24.3 Å². The molecule has 76 valence electrons. The highest BCUT2D eigenvalue weighted by molar-refractivity contribution is 5.87. The first kappa shape index (κ1) is 10.7. The Morgan fingerprint density at radius 2 is 2.29 bits per heavy atom. The number of benzene rings is 1. The Balaban J connectivity index is 2.59. The van der Waals surface area contributed by atoms with Crippen LogP contribution in [0.3, 0.4) is 0 Å². The molecule has 1 aromatic carbocycles. The molecule has 0 unspecified atom stereocenters. The van der Waals surface area contributed by atoms with Crippen LogP contribution in [0, 0.1) is 0 Å². The van der Waals surface area contributed by atoms with Crippen molar-refractivity contribution in [1.29, 1.82) is 0 Å². The molecule has 0 fully saturated rings. The van der Waals surface area contributed by atoms with Gasteiger partial charge in [0.15, 0.2) is 0 Å². The normalized spacial score (nSPS) is 10.1. The lowest BCUT2D eigenvalue weighted by atomic mass is 10.1. The number of rotatable bonds is 5. The third kappa shape index (κ3) is 3.18. The molecule has 0 amide bonds. The van der Waals surface area contributed by atoms with Gasteiger partial charge in [-0.15, -0.1) is 0 Å². The van der Waals surface area contributed by atoms with Crippen LogP contribution in [0.4, 0.5) is 0 Å². The molecular formula is C11H14O3. The highest BCUT2D eigenvalue weighted by Gasteiger charge is 2.02. The minimum Gasteiger partial charge on any atom is -0.478 e. The summed E-state index contributed by atoms with van der Waals surface area (Å²) in [5, 5.41) is 8.75. The van der Waals surface area contributed by atoms with Crippen molar-refractivity contribution in [3.05, 3.63) is 35.4 Å². The number of carbonyl (C=O) groups is 1. The molecule has 3 nitrogen and oxygen atoms in total. The first-order valence-electron chi connectivity index (χ1n) is 4.64. The van der Waals surface area contributed by atoms with Gasteiger partial charge in [0.1, 0.15) is 0 Å². The summed E-state index contributed by atoms with van der Waals surface area (Å²) in [5.74, 6) is -0.886. The second kappa shape index (κ2) is 5.40. The van der Waals surface area contributed by atoms with Crippen molar-refractivity contribution in [1.82, 2.24) is 0 Å². The number of carboxylic acids is 1. The Labute approximate surface area is 83.3 Å².